The molecule has 0 unspecified atom stereocenters. The average molecular weight is 245 g/mol. The molecule has 0 aliphatic carbocycles. The van der Waals surface area contributed by atoms with Gasteiger partial charge < -0.3 is 11.1 Å². The molecule has 1 rings (SSSR count). The molecule has 0 aromatic heterocycles. The van der Waals surface area contributed by atoms with E-state index in [0.717, 1.165) is 0 Å². The highest BCUT2D eigenvalue weighted by atomic mass is 35.5. The normalized spacial score (nSPS) is 9.88. The highest BCUT2D eigenvalue weighted by molar-refractivity contribution is 5.91. The summed E-state index contributed by atoms with van der Waals surface area (Å²) in [5.41, 5.74) is 5.60. The number of carbonyl (C=O) groups excluding carboxylic acids is 1. The fourth-order valence-electron chi connectivity index (χ4n) is 1.03. The van der Waals surface area contributed by atoms with Crippen LogP contribution in [0.4, 0.5) is 4.39 Å². The summed E-state index contributed by atoms with van der Waals surface area (Å²) in [7, 11) is 0. The van der Waals surface area contributed by atoms with Crippen LogP contribution in [0, 0.1) is 5.82 Å². The molecule has 0 bridgehead atoms. The minimum atomic E-state index is -0.347. The van der Waals surface area contributed by atoms with E-state index in [2.05, 4.69) is 5.32 Å². The molecule has 1 aromatic carbocycles. The third-order valence-corrected chi connectivity index (χ3v) is 1.76. The Morgan fingerprint density at radius 3 is 2.75 bits per heavy atom. The molecule has 0 aliphatic heterocycles. The lowest BCUT2D eigenvalue weighted by Crippen LogP contribution is -2.27. The monoisotopic (exact) mass is 244 g/mol. The number of amides is 1. The van der Waals surface area contributed by atoms with Crippen LogP contribution in [-0.4, -0.2) is 19.0 Å². The molecule has 0 heterocycles. The third kappa shape index (κ3) is 4.91. The Bertz CT molecular complexity index is 369. The minimum Gasteiger partial charge on any atom is -0.351 e. The van der Waals surface area contributed by atoms with E-state index in [-0.39, 0.29) is 24.1 Å². The Hall–Kier alpha value is -1.39. The molecule has 5 heteroatoms. The van der Waals surface area contributed by atoms with Gasteiger partial charge in [0.25, 0.3) is 0 Å². The van der Waals surface area contributed by atoms with Crippen molar-refractivity contribution in [3.8, 4) is 0 Å². The first-order valence-electron chi connectivity index (χ1n) is 4.64. The summed E-state index contributed by atoms with van der Waals surface area (Å²) in [6, 6.07) is 6.25. The zero-order chi connectivity index (χ0) is 11.1. The first kappa shape index (κ1) is 14.6. The van der Waals surface area contributed by atoms with Crippen molar-refractivity contribution in [1.82, 2.24) is 5.32 Å². The molecule has 0 fully saturated rings. The number of nitrogens with one attached hydrogen (secondary N) is 1. The van der Waals surface area contributed by atoms with Crippen molar-refractivity contribution in [2.75, 3.05) is 13.1 Å². The summed E-state index contributed by atoms with van der Waals surface area (Å²) in [6.07, 6.45) is 2.72. The zero-order valence-corrected chi connectivity index (χ0v) is 9.47. The van der Waals surface area contributed by atoms with Crippen molar-refractivity contribution in [1.29, 1.82) is 0 Å². The number of hydrogen-bond acceptors (Lipinski definition) is 2. The molecule has 1 amide bonds. The third-order valence-electron chi connectivity index (χ3n) is 1.76. The van der Waals surface area contributed by atoms with Crippen molar-refractivity contribution < 1.29 is 9.18 Å². The molecule has 0 saturated carbocycles. The second-order valence-corrected chi connectivity index (χ2v) is 2.93. The van der Waals surface area contributed by atoms with Crippen molar-refractivity contribution in [3.63, 3.8) is 0 Å². The van der Waals surface area contributed by atoms with Crippen LogP contribution in [0.2, 0.25) is 0 Å². The Labute approximate surface area is 99.9 Å². The van der Waals surface area contributed by atoms with Crippen LogP contribution in [0.3, 0.4) is 0 Å². The molecule has 16 heavy (non-hydrogen) atoms. The standard InChI is InChI=1S/C11H13FN2O.ClH/c12-10-4-2-1-3-9(10)5-6-11(15)14-8-7-13;/h1-6H,7-8,13H2,(H,14,15);1H/b6-5+;. The highest BCUT2D eigenvalue weighted by Gasteiger charge is 1.97. The van der Waals surface area contributed by atoms with E-state index in [9.17, 15) is 9.18 Å². The molecule has 1 aromatic rings. The van der Waals surface area contributed by atoms with Gasteiger partial charge in [-0.2, -0.15) is 0 Å². The van der Waals surface area contributed by atoms with Gasteiger partial charge in [-0.15, -0.1) is 12.4 Å². The number of benzene rings is 1. The van der Waals surface area contributed by atoms with Crippen molar-refractivity contribution >= 4 is 24.4 Å². The molecule has 3 nitrogen and oxygen atoms in total. The number of hydrogen-bond donors (Lipinski definition) is 2. The van der Waals surface area contributed by atoms with Gasteiger partial charge in [0.05, 0.1) is 0 Å². The smallest absolute Gasteiger partial charge is 0.244 e. The second-order valence-electron chi connectivity index (χ2n) is 2.93. The summed E-state index contributed by atoms with van der Waals surface area (Å²) in [6.45, 7) is 0.805. The molecular formula is C11H14ClFN2O. The second kappa shape index (κ2) is 7.84. The van der Waals surface area contributed by atoms with E-state index < -0.39 is 0 Å². The van der Waals surface area contributed by atoms with Crippen LogP contribution in [0.15, 0.2) is 30.3 Å². The molecule has 0 aliphatic rings. The van der Waals surface area contributed by atoms with Gasteiger partial charge in [0, 0.05) is 24.7 Å². The number of halogens is 2. The largest absolute Gasteiger partial charge is 0.351 e. The molecule has 0 radical (unpaired) electrons. The topological polar surface area (TPSA) is 55.1 Å². The predicted octanol–water partition coefficient (Wildman–Crippen LogP) is 1.34. The summed E-state index contributed by atoms with van der Waals surface area (Å²) >= 11 is 0. The molecule has 3 N–H and O–H groups in total. The maximum absolute atomic E-state index is 13.1. The van der Waals surface area contributed by atoms with Gasteiger partial charge in [-0.1, -0.05) is 18.2 Å². The fourth-order valence-corrected chi connectivity index (χ4v) is 1.03. The first-order chi connectivity index (χ1) is 7.24. The maximum atomic E-state index is 13.1. The lowest BCUT2D eigenvalue weighted by Gasteiger charge is -1.98. The summed E-state index contributed by atoms with van der Waals surface area (Å²) in [4.78, 5) is 11.1. The van der Waals surface area contributed by atoms with Crippen LogP contribution in [0.5, 0.6) is 0 Å². The van der Waals surface area contributed by atoms with Crippen LogP contribution in [-0.2, 0) is 4.79 Å². The molecule has 88 valence electrons. The summed E-state index contributed by atoms with van der Waals surface area (Å²) in [5, 5.41) is 2.55. The Morgan fingerprint density at radius 1 is 1.44 bits per heavy atom. The summed E-state index contributed by atoms with van der Waals surface area (Å²) < 4.78 is 13.1. The Balaban J connectivity index is 0.00000225. The Kier molecular flexibility index (Phi) is 7.16. The number of nitrogens with two attached hydrogens (primary N) is 1. The van der Waals surface area contributed by atoms with Crippen molar-refractivity contribution in [2.45, 2.75) is 0 Å². The minimum absolute atomic E-state index is 0. The van der Waals surface area contributed by atoms with Gasteiger partial charge >= 0.3 is 0 Å². The van der Waals surface area contributed by atoms with E-state index in [1.165, 1.54) is 18.2 Å². The van der Waals surface area contributed by atoms with Gasteiger partial charge in [-0.05, 0) is 12.1 Å². The summed E-state index contributed by atoms with van der Waals surface area (Å²) in [5.74, 6) is -0.621. The van der Waals surface area contributed by atoms with Gasteiger partial charge in [0.1, 0.15) is 5.82 Å². The van der Waals surface area contributed by atoms with Crippen molar-refractivity contribution in [2.24, 2.45) is 5.73 Å². The average Bonchev–Trinajstić information content (AvgIpc) is 2.25. The van der Waals surface area contributed by atoms with Gasteiger partial charge in [0.15, 0.2) is 0 Å². The van der Waals surface area contributed by atoms with E-state index in [0.29, 0.717) is 18.7 Å². The highest BCUT2D eigenvalue weighted by Crippen LogP contribution is 2.07. The molecular weight excluding hydrogens is 231 g/mol. The van der Waals surface area contributed by atoms with Crippen molar-refractivity contribution in [3.05, 3.63) is 41.7 Å². The number of rotatable bonds is 4. The SMILES string of the molecule is Cl.NCCNC(=O)/C=C/c1ccccc1F. The lowest BCUT2D eigenvalue weighted by molar-refractivity contribution is -0.116. The maximum Gasteiger partial charge on any atom is 0.244 e. The zero-order valence-electron chi connectivity index (χ0n) is 8.65. The lowest BCUT2D eigenvalue weighted by atomic mass is 10.2. The van der Waals surface area contributed by atoms with Crippen LogP contribution in [0.1, 0.15) is 5.56 Å². The first-order valence-corrected chi connectivity index (χ1v) is 4.64. The fraction of sp³-hybridized carbons (Fsp3) is 0.182. The molecule has 0 saturated heterocycles. The van der Waals surface area contributed by atoms with E-state index in [1.807, 2.05) is 0 Å². The van der Waals surface area contributed by atoms with Gasteiger partial charge in [-0.25, -0.2) is 4.39 Å². The van der Waals surface area contributed by atoms with E-state index >= 15 is 0 Å². The number of carbonyl (C=O) groups is 1. The Morgan fingerprint density at radius 2 is 2.12 bits per heavy atom. The van der Waals surface area contributed by atoms with Crippen LogP contribution in [0.25, 0.3) is 6.08 Å². The predicted molar refractivity (Wildman–Crippen MR) is 64.7 cm³/mol. The van der Waals surface area contributed by atoms with Crippen LogP contribution < -0.4 is 11.1 Å². The quantitative estimate of drug-likeness (QED) is 0.786. The van der Waals surface area contributed by atoms with E-state index in [4.69, 9.17) is 5.73 Å². The molecule has 0 spiro atoms. The van der Waals surface area contributed by atoms with Gasteiger partial charge in [0.2, 0.25) is 5.91 Å². The van der Waals surface area contributed by atoms with Gasteiger partial charge in [-0.3, -0.25) is 4.79 Å². The van der Waals surface area contributed by atoms with E-state index in [1.54, 1.807) is 18.2 Å². The molecule has 0 atom stereocenters. The van der Waals surface area contributed by atoms with Crippen LogP contribution >= 0.6 is 12.4 Å².